The Labute approximate surface area is 180 Å². The minimum Gasteiger partial charge on any atom is -0.380 e. The number of amides is 1. The molecule has 1 aromatic rings. The van der Waals surface area contributed by atoms with E-state index in [1.165, 1.54) is 5.56 Å². The van der Waals surface area contributed by atoms with Gasteiger partial charge in [-0.1, -0.05) is 30.3 Å². The molecule has 1 amide bonds. The second-order valence-corrected chi connectivity index (χ2v) is 6.49. The van der Waals surface area contributed by atoms with Gasteiger partial charge in [-0.25, -0.2) is 0 Å². The molecule has 0 bridgehead atoms. The highest BCUT2D eigenvalue weighted by molar-refractivity contribution is 14.0. The van der Waals surface area contributed by atoms with Gasteiger partial charge in [-0.05, 0) is 25.8 Å². The highest BCUT2D eigenvalue weighted by atomic mass is 127. The minimum absolute atomic E-state index is 0. The van der Waals surface area contributed by atoms with E-state index in [-0.39, 0.29) is 29.9 Å². The zero-order valence-electron chi connectivity index (χ0n) is 16.4. The van der Waals surface area contributed by atoms with Crippen LogP contribution in [0.5, 0.6) is 0 Å². The van der Waals surface area contributed by atoms with Crippen LogP contribution < -0.4 is 10.6 Å². The fourth-order valence-electron chi connectivity index (χ4n) is 3.05. The second-order valence-electron chi connectivity index (χ2n) is 6.49. The van der Waals surface area contributed by atoms with Gasteiger partial charge in [0.2, 0.25) is 5.91 Å². The van der Waals surface area contributed by atoms with Gasteiger partial charge in [0.15, 0.2) is 5.96 Å². The first kappa shape index (κ1) is 23.7. The topological polar surface area (TPSA) is 66.0 Å². The number of carbonyl (C=O) groups is 1. The van der Waals surface area contributed by atoms with E-state index in [2.05, 4.69) is 27.8 Å². The van der Waals surface area contributed by atoms with Gasteiger partial charge in [-0.3, -0.25) is 9.79 Å². The number of likely N-dealkylation sites (tertiary alicyclic amines) is 1. The minimum atomic E-state index is 0. The number of ether oxygens (including phenoxy) is 1. The molecule has 152 valence electrons. The fraction of sp³-hybridized carbons (Fsp3) is 0.600. The molecule has 7 heteroatoms. The van der Waals surface area contributed by atoms with E-state index in [0.717, 1.165) is 45.2 Å². The van der Waals surface area contributed by atoms with E-state index < -0.39 is 0 Å². The van der Waals surface area contributed by atoms with Gasteiger partial charge in [0, 0.05) is 51.7 Å². The van der Waals surface area contributed by atoms with E-state index in [0.29, 0.717) is 25.5 Å². The lowest BCUT2D eigenvalue weighted by atomic mass is 10.1. The summed E-state index contributed by atoms with van der Waals surface area (Å²) in [6.07, 6.45) is 1.50. The van der Waals surface area contributed by atoms with Gasteiger partial charge < -0.3 is 20.3 Å². The number of rotatable bonds is 10. The normalized spacial score (nSPS) is 17.0. The summed E-state index contributed by atoms with van der Waals surface area (Å²) in [5.74, 6) is 1.33. The van der Waals surface area contributed by atoms with Gasteiger partial charge in [-0.15, -0.1) is 24.0 Å². The molecule has 1 aliphatic rings. The molecule has 1 unspecified atom stereocenters. The predicted octanol–water partition coefficient (Wildman–Crippen LogP) is 2.29. The van der Waals surface area contributed by atoms with Crippen LogP contribution in [0.3, 0.4) is 0 Å². The van der Waals surface area contributed by atoms with Crippen molar-refractivity contribution in [2.24, 2.45) is 10.9 Å². The van der Waals surface area contributed by atoms with E-state index in [1.54, 1.807) is 0 Å². The summed E-state index contributed by atoms with van der Waals surface area (Å²) in [5, 5.41) is 6.50. The summed E-state index contributed by atoms with van der Waals surface area (Å²) >= 11 is 0. The number of nitrogens with zero attached hydrogens (tertiary/aromatic N) is 2. The number of guanidine groups is 1. The first-order valence-electron chi connectivity index (χ1n) is 9.64. The van der Waals surface area contributed by atoms with Crippen molar-refractivity contribution in [2.75, 3.05) is 45.9 Å². The van der Waals surface area contributed by atoms with Crippen molar-refractivity contribution < 1.29 is 9.53 Å². The smallest absolute Gasteiger partial charge is 0.223 e. The van der Waals surface area contributed by atoms with Gasteiger partial charge in [0.05, 0.1) is 6.61 Å². The number of nitrogens with one attached hydrogen (secondary N) is 2. The SMILES string of the molecule is CCNC(=NCC1CC(=O)N(CCc2ccccc2)C1)NCCOCC.I. The van der Waals surface area contributed by atoms with Crippen molar-refractivity contribution in [3.63, 3.8) is 0 Å². The first-order chi connectivity index (χ1) is 12.7. The molecule has 1 fully saturated rings. The van der Waals surface area contributed by atoms with Crippen LogP contribution in [0.1, 0.15) is 25.8 Å². The number of benzene rings is 1. The van der Waals surface area contributed by atoms with Crippen molar-refractivity contribution in [1.82, 2.24) is 15.5 Å². The Morgan fingerprint density at radius 3 is 2.74 bits per heavy atom. The molecule has 0 aromatic heterocycles. The van der Waals surface area contributed by atoms with Gasteiger partial charge in [0.25, 0.3) is 0 Å². The molecule has 27 heavy (non-hydrogen) atoms. The molecule has 0 saturated carbocycles. The van der Waals surface area contributed by atoms with E-state index in [4.69, 9.17) is 4.74 Å². The molecule has 6 nitrogen and oxygen atoms in total. The molecule has 1 saturated heterocycles. The summed E-state index contributed by atoms with van der Waals surface area (Å²) in [4.78, 5) is 18.9. The van der Waals surface area contributed by atoms with Crippen molar-refractivity contribution in [3.8, 4) is 0 Å². The first-order valence-corrected chi connectivity index (χ1v) is 9.64. The lowest BCUT2D eigenvalue weighted by Crippen LogP contribution is -2.39. The highest BCUT2D eigenvalue weighted by Crippen LogP contribution is 2.18. The summed E-state index contributed by atoms with van der Waals surface area (Å²) in [6.45, 7) is 9.21. The lowest BCUT2D eigenvalue weighted by Gasteiger charge is -2.16. The van der Waals surface area contributed by atoms with Crippen LogP contribution >= 0.6 is 24.0 Å². The molecule has 1 heterocycles. The standard InChI is InChI=1S/C20H32N4O2.HI/c1-3-21-20(22-11-13-26-4-2)23-15-18-14-19(25)24(16-18)12-10-17-8-6-5-7-9-17;/h5-9,18H,3-4,10-16H2,1-2H3,(H2,21,22,23);1H. The molecule has 1 aromatic carbocycles. The van der Waals surface area contributed by atoms with Crippen LogP contribution in [0.2, 0.25) is 0 Å². The Morgan fingerprint density at radius 2 is 2.04 bits per heavy atom. The number of carbonyl (C=O) groups excluding carboxylic acids is 1. The third kappa shape index (κ3) is 8.92. The van der Waals surface area contributed by atoms with Crippen molar-refractivity contribution in [2.45, 2.75) is 26.7 Å². The molecule has 0 aliphatic carbocycles. The average molecular weight is 488 g/mol. The summed E-state index contributed by atoms with van der Waals surface area (Å²) < 4.78 is 5.33. The highest BCUT2D eigenvalue weighted by Gasteiger charge is 2.28. The van der Waals surface area contributed by atoms with Crippen LogP contribution in [-0.2, 0) is 16.0 Å². The Morgan fingerprint density at radius 1 is 1.26 bits per heavy atom. The lowest BCUT2D eigenvalue weighted by molar-refractivity contribution is -0.127. The number of halogens is 1. The molecular formula is C20H33IN4O2. The van der Waals surface area contributed by atoms with E-state index in [9.17, 15) is 4.79 Å². The van der Waals surface area contributed by atoms with Crippen LogP contribution in [0.15, 0.2) is 35.3 Å². The van der Waals surface area contributed by atoms with Crippen molar-refractivity contribution >= 4 is 35.8 Å². The molecule has 0 radical (unpaired) electrons. The second kappa shape index (κ2) is 13.8. The maximum Gasteiger partial charge on any atom is 0.223 e. The molecular weight excluding hydrogens is 455 g/mol. The molecule has 1 atom stereocenters. The summed E-state index contributed by atoms with van der Waals surface area (Å²) in [6, 6.07) is 10.3. The Bertz CT molecular complexity index is 568. The maximum absolute atomic E-state index is 12.2. The van der Waals surface area contributed by atoms with E-state index in [1.807, 2.05) is 36.9 Å². The van der Waals surface area contributed by atoms with Crippen molar-refractivity contribution in [3.05, 3.63) is 35.9 Å². The number of aliphatic imine (C=N–C) groups is 1. The Hall–Kier alpha value is -1.35. The van der Waals surface area contributed by atoms with E-state index >= 15 is 0 Å². The maximum atomic E-state index is 12.2. The van der Waals surface area contributed by atoms with Crippen molar-refractivity contribution in [1.29, 1.82) is 0 Å². The average Bonchev–Trinajstić information content (AvgIpc) is 3.02. The Kier molecular flexibility index (Phi) is 12.1. The largest absolute Gasteiger partial charge is 0.380 e. The summed E-state index contributed by atoms with van der Waals surface area (Å²) in [5.41, 5.74) is 1.27. The van der Waals surface area contributed by atoms with Crippen LogP contribution in [0.25, 0.3) is 0 Å². The molecule has 0 spiro atoms. The number of hydrogen-bond acceptors (Lipinski definition) is 3. The van der Waals surface area contributed by atoms with Crippen LogP contribution in [0.4, 0.5) is 0 Å². The predicted molar refractivity (Wildman–Crippen MR) is 121 cm³/mol. The fourth-order valence-corrected chi connectivity index (χ4v) is 3.05. The van der Waals surface area contributed by atoms with Crippen LogP contribution in [0, 0.1) is 5.92 Å². The molecule has 1 aliphatic heterocycles. The zero-order valence-corrected chi connectivity index (χ0v) is 18.8. The summed E-state index contributed by atoms with van der Waals surface area (Å²) in [7, 11) is 0. The van der Waals surface area contributed by atoms with Crippen LogP contribution in [-0.4, -0.2) is 62.7 Å². The third-order valence-electron chi connectivity index (χ3n) is 4.40. The molecule has 2 rings (SSSR count). The van der Waals surface area contributed by atoms with Gasteiger partial charge in [-0.2, -0.15) is 0 Å². The zero-order chi connectivity index (χ0) is 18.6. The number of hydrogen-bond donors (Lipinski definition) is 2. The molecule has 2 N–H and O–H groups in total. The van der Waals surface area contributed by atoms with Gasteiger partial charge in [0.1, 0.15) is 0 Å². The monoisotopic (exact) mass is 488 g/mol. The quantitative estimate of drug-likeness (QED) is 0.230. The van der Waals surface area contributed by atoms with Gasteiger partial charge >= 0.3 is 0 Å². The third-order valence-corrected chi connectivity index (χ3v) is 4.40. The Balaban J connectivity index is 0.00000364.